The van der Waals surface area contributed by atoms with E-state index in [4.69, 9.17) is 9.15 Å². The molecule has 25 heavy (non-hydrogen) atoms. The van der Waals surface area contributed by atoms with Gasteiger partial charge in [-0.1, -0.05) is 36.4 Å². The zero-order chi connectivity index (χ0) is 17.2. The van der Waals surface area contributed by atoms with Crippen molar-refractivity contribution in [2.24, 2.45) is 0 Å². The Morgan fingerprint density at radius 1 is 0.960 bits per heavy atom. The fourth-order valence-electron chi connectivity index (χ4n) is 3.03. The highest BCUT2D eigenvalue weighted by atomic mass is 16.5. The lowest BCUT2D eigenvalue weighted by Crippen LogP contribution is -2.14. The van der Waals surface area contributed by atoms with Gasteiger partial charge >= 0.3 is 0 Å². The first-order chi connectivity index (χ1) is 12.3. The number of amides is 1. The van der Waals surface area contributed by atoms with E-state index in [0.29, 0.717) is 17.9 Å². The summed E-state index contributed by atoms with van der Waals surface area (Å²) in [5.41, 5.74) is 3.75. The van der Waals surface area contributed by atoms with Crippen LogP contribution in [0.3, 0.4) is 0 Å². The van der Waals surface area contributed by atoms with Crippen LogP contribution in [0.15, 0.2) is 71.1 Å². The Bertz CT molecular complexity index is 1070. The summed E-state index contributed by atoms with van der Waals surface area (Å²) in [4.78, 5) is 12.6. The summed E-state index contributed by atoms with van der Waals surface area (Å²) < 4.78 is 11.0. The Balaban J connectivity index is 1.66. The third-order valence-corrected chi connectivity index (χ3v) is 4.20. The number of para-hydroxylation sites is 1. The molecule has 4 heteroatoms. The number of rotatable bonds is 4. The first-order valence-electron chi connectivity index (χ1n) is 8.06. The van der Waals surface area contributed by atoms with Gasteiger partial charge in [-0.2, -0.15) is 0 Å². The summed E-state index contributed by atoms with van der Waals surface area (Å²) in [6, 6.07) is 21.0. The average Bonchev–Trinajstić information content (AvgIpc) is 3.00. The second-order valence-corrected chi connectivity index (χ2v) is 5.85. The summed E-state index contributed by atoms with van der Waals surface area (Å²) in [5.74, 6) is -0.164. The maximum atomic E-state index is 12.6. The molecule has 3 aromatic carbocycles. The van der Waals surface area contributed by atoms with E-state index in [-0.39, 0.29) is 5.91 Å². The van der Waals surface area contributed by atoms with E-state index in [1.165, 1.54) is 0 Å². The SMILES string of the molecule is COCc1ccccc1C(=O)Nc1ccc2c(c1)oc1ccccc12. The van der Waals surface area contributed by atoms with Gasteiger partial charge in [0.1, 0.15) is 11.2 Å². The van der Waals surface area contributed by atoms with Crippen molar-refractivity contribution in [1.82, 2.24) is 0 Å². The Hall–Kier alpha value is -3.11. The molecule has 0 bridgehead atoms. The van der Waals surface area contributed by atoms with Crippen molar-refractivity contribution < 1.29 is 13.9 Å². The number of furan rings is 1. The smallest absolute Gasteiger partial charge is 0.256 e. The maximum Gasteiger partial charge on any atom is 0.256 e. The van der Waals surface area contributed by atoms with E-state index in [1.807, 2.05) is 60.7 Å². The largest absolute Gasteiger partial charge is 0.456 e. The fraction of sp³-hybridized carbons (Fsp3) is 0.0952. The lowest BCUT2D eigenvalue weighted by Gasteiger charge is -2.09. The minimum Gasteiger partial charge on any atom is -0.456 e. The highest BCUT2D eigenvalue weighted by molar-refractivity contribution is 6.08. The van der Waals surface area contributed by atoms with Crippen LogP contribution in [0.4, 0.5) is 5.69 Å². The summed E-state index contributed by atoms with van der Waals surface area (Å²) in [5, 5.41) is 5.04. The molecule has 0 saturated carbocycles. The summed E-state index contributed by atoms with van der Waals surface area (Å²) in [6.45, 7) is 0.395. The number of nitrogens with one attached hydrogen (secondary N) is 1. The molecule has 0 aliphatic carbocycles. The molecule has 1 amide bonds. The van der Waals surface area contributed by atoms with Crippen molar-refractivity contribution >= 4 is 33.5 Å². The number of benzene rings is 3. The van der Waals surface area contributed by atoms with Gasteiger partial charge in [0.05, 0.1) is 6.61 Å². The van der Waals surface area contributed by atoms with Gasteiger partial charge in [0.2, 0.25) is 0 Å². The fourth-order valence-corrected chi connectivity index (χ4v) is 3.03. The molecular formula is C21H17NO3. The molecule has 124 valence electrons. The molecule has 1 heterocycles. The molecular weight excluding hydrogens is 314 g/mol. The van der Waals surface area contributed by atoms with Gasteiger partial charge in [-0.05, 0) is 29.8 Å². The van der Waals surface area contributed by atoms with Crippen LogP contribution in [0, 0.1) is 0 Å². The molecule has 1 N–H and O–H groups in total. The normalized spacial score (nSPS) is 11.1. The van der Waals surface area contributed by atoms with Crippen LogP contribution < -0.4 is 5.32 Å². The van der Waals surface area contributed by atoms with Crippen LogP contribution in [0.5, 0.6) is 0 Å². The molecule has 1 aromatic heterocycles. The number of methoxy groups -OCH3 is 1. The predicted octanol–water partition coefficient (Wildman–Crippen LogP) is 4.98. The zero-order valence-electron chi connectivity index (χ0n) is 13.8. The number of carbonyl (C=O) groups is 1. The van der Waals surface area contributed by atoms with E-state index in [2.05, 4.69) is 5.32 Å². The first-order valence-corrected chi connectivity index (χ1v) is 8.06. The van der Waals surface area contributed by atoms with Gasteiger partial charge in [-0.25, -0.2) is 0 Å². The van der Waals surface area contributed by atoms with E-state index in [0.717, 1.165) is 27.5 Å². The van der Waals surface area contributed by atoms with Crippen LogP contribution in [0.25, 0.3) is 21.9 Å². The second-order valence-electron chi connectivity index (χ2n) is 5.85. The first kappa shape index (κ1) is 15.4. The van der Waals surface area contributed by atoms with Crippen molar-refractivity contribution in [2.45, 2.75) is 6.61 Å². The van der Waals surface area contributed by atoms with Crippen LogP contribution in [0.1, 0.15) is 15.9 Å². The molecule has 0 unspecified atom stereocenters. The molecule has 4 nitrogen and oxygen atoms in total. The summed E-state index contributed by atoms with van der Waals surface area (Å²) in [6.07, 6.45) is 0. The summed E-state index contributed by atoms with van der Waals surface area (Å²) >= 11 is 0. The van der Waals surface area contributed by atoms with E-state index in [9.17, 15) is 4.79 Å². The molecule has 0 radical (unpaired) electrons. The number of hydrogen-bond donors (Lipinski definition) is 1. The molecule has 0 aliphatic heterocycles. The number of fused-ring (bicyclic) bond motifs is 3. The van der Waals surface area contributed by atoms with Gasteiger partial charge in [0.25, 0.3) is 5.91 Å². The Morgan fingerprint density at radius 2 is 1.72 bits per heavy atom. The molecule has 4 aromatic rings. The topological polar surface area (TPSA) is 51.5 Å². The van der Waals surface area contributed by atoms with Gasteiger partial charge < -0.3 is 14.5 Å². The van der Waals surface area contributed by atoms with E-state index >= 15 is 0 Å². The van der Waals surface area contributed by atoms with E-state index in [1.54, 1.807) is 13.2 Å². The van der Waals surface area contributed by atoms with Crippen molar-refractivity contribution in [3.63, 3.8) is 0 Å². The van der Waals surface area contributed by atoms with Gasteiger partial charge in [-0.15, -0.1) is 0 Å². The average molecular weight is 331 g/mol. The quantitative estimate of drug-likeness (QED) is 0.573. The van der Waals surface area contributed by atoms with Crippen LogP contribution in [-0.2, 0) is 11.3 Å². The number of anilines is 1. The van der Waals surface area contributed by atoms with Gasteiger partial charge in [0, 0.05) is 35.2 Å². The zero-order valence-corrected chi connectivity index (χ0v) is 13.8. The number of hydrogen-bond acceptors (Lipinski definition) is 3. The Labute approximate surface area is 145 Å². The number of ether oxygens (including phenoxy) is 1. The van der Waals surface area contributed by atoms with Crippen molar-refractivity contribution in [3.8, 4) is 0 Å². The lowest BCUT2D eigenvalue weighted by molar-refractivity contribution is 0.102. The number of carbonyl (C=O) groups excluding carboxylic acids is 1. The third-order valence-electron chi connectivity index (χ3n) is 4.20. The molecule has 0 saturated heterocycles. The molecule has 0 spiro atoms. The van der Waals surface area contributed by atoms with Crippen molar-refractivity contribution in [3.05, 3.63) is 77.9 Å². The third kappa shape index (κ3) is 2.88. The Morgan fingerprint density at radius 3 is 2.60 bits per heavy atom. The standard InChI is InChI=1S/C21H17NO3/c1-24-13-14-6-2-3-7-16(14)21(23)22-15-10-11-18-17-8-4-5-9-19(17)25-20(18)12-15/h2-12H,13H2,1H3,(H,22,23). The van der Waals surface area contributed by atoms with Crippen molar-refractivity contribution in [1.29, 1.82) is 0 Å². The lowest BCUT2D eigenvalue weighted by atomic mass is 10.1. The molecule has 0 fully saturated rings. The molecule has 0 aliphatic rings. The van der Waals surface area contributed by atoms with Crippen LogP contribution in [-0.4, -0.2) is 13.0 Å². The minimum atomic E-state index is -0.164. The van der Waals surface area contributed by atoms with Crippen molar-refractivity contribution in [2.75, 3.05) is 12.4 Å². The van der Waals surface area contributed by atoms with Crippen LogP contribution >= 0.6 is 0 Å². The predicted molar refractivity (Wildman–Crippen MR) is 98.8 cm³/mol. The molecule has 4 rings (SSSR count). The maximum absolute atomic E-state index is 12.6. The summed E-state index contributed by atoms with van der Waals surface area (Å²) in [7, 11) is 1.62. The highest BCUT2D eigenvalue weighted by Gasteiger charge is 2.12. The second kappa shape index (κ2) is 6.42. The molecule has 0 atom stereocenters. The Kier molecular flexibility index (Phi) is 3.96. The van der Waals surface area contributed by atoms with Gasteiger partial charge in [-0.3, -0.25) is 4.79 Å². The highest BCUT2D eigenvalue weighted by Crippen LogP contribution is 2.30. The monoisotopic (exact) mass is 331 g/mol. The minimum absolute atomic E-state index is 0.164. The van der Waals surface area contributed by atoms with Gasteiger partial charge in [0.15, 0.2) is 0 Å². The van der Waals surface area contributed by atoms with Crippen LogP contribution in [0.2, 0.25) is 0 Å². The van der Waals surface area contributed by atoms with E-state index < -0.39 is 0 Å².